The van der Waals surface area contributed by atoms with Crippen molar-refractivity contribution in [3.63, 3.8) is 0 Å². The Labute approximate surface area is 70.8 Å². The van der Waals surface area contributed by atoms with Crippen molar-refractivity contribution >= 4 is 5.52 Å². The highest BCUT2D eigenvalue weighted by molar-refractivity contribution is 5.49. The predicted molar refractivity (Wildman–Crippen MR) is 47.8 cm³/mol. The van der Waals surface area contributed by atoms with Crippen LogP contribution in [0.15, 0.2) is 24.4 Å². The van der Waals surface area contributed by atoms with E-state index in [1.807, 2.05) is 35.8 Å². The summed E-state index contributed by atoms with van der Waals surface area (Å²) in [5.41, 5.74) is 8.74. The van der Waals surface area contributed by atoms with Gasteiger partial charge in [-0.05, 0) is 30.7 Å². The summed E-state index contributed by atoms with van der Waals surface area (Å²) in [4.78, 5) is 0. The first-order chi connectivity index (χ1) is 5.79. The molecule has 2 heterocycles. The minimum atomic E-state index is 0.572. The summed E-state index contributed by atoms with van der Waals surface area (Å²) in [5.74, 6) is 0. The van der Waals surface area contributed by atoms with Crippen LogP contribution in [0.5, 0.6) is 0 Å². The Kier molecular flexibility index (Phi) is 1.59. The van der Waals surface area contributed by atoms with Crippen LogP contribution in [0, 0.1) is 6.92 Å². The average molecular weight is 161 g/mol. The molecule has 2 aromatic rings. The second-order valence-electron chi connectivity index (χ2n) is 2.90. The number of rotatable bonds is 1. The van der Waals surface area contributed by atoms with Gasteiger partial charge in [-0.2, -0.15) is 5.10 Å². The SMILES string of the molecule is Cc1ccc2cc(CN)cn2n1. The molecule has 0 unspecified atom stereocenters. The lowest BCUT2D eigenvalue weighted by Crippen LogP contribution is -1.94. The molecule has 0 aromatic carbocycles. The monoisotopic (exact) mass is 161 g/mol. The van der Waals surface area contributed by atoms with E-state index in [1.54, 1.807) is 0 Å². The number of aryl methyl sites for hydroxylation is 1. The fourth-order valence-corrected chi connectivity index (χ4v) is 1.26. The second-order valence-corrected chi connectivity index (χ2v) is 2.90. The number of nitrogens with zero attached hydrogens (tertiary/aromatic N) is 2. The molecule has 0 atom stereocenters. The number of aromatic nitrogens is 2. The van der Waals surface area contributed by atoms with Crippen LogP contribution in [0.2, 0.25) is 0 Å². The lowest BCUT2D eigenvalue weighted by molar-refractivity contribution is 0.897. The number of hydrogen-bond acceptors (Lipinski definition) is 2. The molecule has 2 aromatic heterocycles. The third-order valence-electron chi connectivity index (χ3n) is 1.88. The Hall–Kier alpha value is -1.35. The molecule has 2 rings (SSSR count). The molecular formula is C9H11N3. The van der Waals surface area contributed by atoms with Crippen molar-refractivity contribution in [3.8, 4) is 0 Å². The molecule has 0 aliphatic heterocycles. The molecular weight excluding hydrogens is 150 g/mol. The second kappa shape index (κ2) is 2.60. The van der Waals surface area contributed by atoms with Gasteiger partial charge < -0.3 is 5.73 Å². The summed E-state index contributed by atoms with van der Waals surface area (Å²) >= 11 is 0. The first-order valence-electron chi connectivity index (χ1n) is 3.94. The lowest BCUT2D eigenvalue weighted by atomic mass is 10.3. The van der Waals surface area contributed by atoms with Gasteiger partial charge in [-0.1, -0.05) is 0 Å². The first kappa shape index (κ1) is 7.31. The van der Waals surface area contributed by atoms with Gasteiger partial charge in [-0.15, -0.1) is 0 Å². The highest BCUT2D eigenvalue weighted by atomic mass is 15.2. The van der Waals surface area contributed by atoms with E-state index in [0.717, 1.165) is 16.8 Å². The quantitative estimate of drug-likeness (QED) is 0.680. The van der Waals surface area contributed by atoms with E-state index in [0.29, 0.717) is 6.54 Å². The van der Waals surface area contributed by atoms with Gasteiger partial charge in [0.05, 0.1) is 11.2 Å². The molecule has 0 amide bonds. The Morgan fingerprint density at radius 1 is 1.50 bits per heavy atom. The Bertz CT molecular complexity index is 403. The van der Waals surface area contributed by atoms with Crippen molar-refractivity contribution in [3.05, 3.63) is 35.7 Å². The molecule has 0 saturated heterocycles. The van der Waals surface area contributed by atoms with E-state index in [1.165, 1.54) is 0 Å². The molecule has 3 nitrogen and oxygen atoms in total. The number of hydrogen-bond donors (Lipinski definition) is 1. The van der Waals surface area contributed by atoms with Crippen molar-refractivity contribution < 1.29 is 0 Å². The molecule has 0 aliphatic rings. The standard InChI is InChI=1S/C9H11N3/c1-7-2-3-9-4-8(5-10)6-12(9)11-7/h2-4,6H,5,10H2,1H3. The fraction of sp³-hybridized carbons (Fsp3) is 0.222. The van der Waals surface area contributed by atoms with E-state index >= 15 is 0 Å². The molecule has 3 heteroatoms. The maximum atomic E-state index is 5.51. The van der Waals surface area contributed by atoms with Crippen LogP contribution in [0.3, 0.4) is 0 Å². The molecule has 0 radical (unpaired) electrons. The van der Waals surface area contributed by atoms with Gasteiger partial charge in [-0.25, -0.2) is 4.52 Å². The summed E-state index contributed by atoms with van der Waals surface area (Å²) in [5, 5.41) is 4.31. The Morgan fingerprint density at radius 2 is 2.33 bits per heavy atom. The molecule has 0 saturated carbocycles. The molecule has 62 valence electrons. The summed E-state index contributed by atoms with van der Waals surface area (Å²) in [6.45, 7) is 2.55. The van der Waals surface area contributed by atoms with Gasteiger partial charge in [0.2, 0.25) is 0 Å². The minimum Gasteiger partial charge on any atom is -0.326 e. The van der Waals surface area contributed by atoms with E-state index < -0.39 is 0 Å². The highest BCUT2D eigenvalue weighted by Gasteiger charge is 1.97. The van der Waals surface area contributed by atoms with Crippen molar-refractivity contribution in [2.45, 2.75) is 13.5 Å². The predicted octanol–water partition coefficient (Wildman–Crippen LogP) is 1.10. The van der Waals surface area contributed by atoms with Gasteiger partial charge in [0.15, 0.2) is 0 Å². The zero-order valence-electron chi connectivity index (χ0n) is 6.99. The van der Waals surface area contributed by atoms with E-state index in [4.69, 9.17) is 5.73 Å². The maximum Gasteiger partial charge on any atom is 0.0650 e. The van der Waals surface area contributed by atoms with E-state index in [-0.39, 0.29) is 0 Å². The minimum absolute atomic E-state index is 0.572. The van der Waals surface area contributed by atoms with Crippen molar-refractivity contribution in [2.75, 3.05) is 0 Å². The number of nitrogens with two attached hydrogens (primary N) is 1. The van der Waals surface area contributed by atoms with Crippen LogP contribution < -0.4 is 5.73 Å². The van der Waals surface area contributed by atoms with Crippen molar-refractivity contribution in [1.82, 2.24) is 9.61 Å². The van der Waals surface area contributed by atoms with Crippen molar-refractivity contribution in [1.29, 1.82) is 0 Å². The molecule has 2 N–H and O–H groups in total. The van der Waals surface area contributed by atoms with Crippen LogP contribution in [-0.2, 0) is 6.54 Å². The summed E-state index contributed by atoms with van der Waals surface area (Å²) in [6.07, 6.45) is 1.96. The molecule has 0 aliphatic carbocycles. The summed E-state index contributed by atoms with van der Waals surface area (Å²) in [7, 11) is 0. The van der Waals surface area contributed by atoms with Crippen LogP contribution in [-0.4, -0.2) is 9.61 Å². The lowest BCUT2D eigenvalue weighted by Gasteiger charge is -1.93. The molecule has 0 spiro atoms. The summed E-state index contributed by atoms with van der Waals surface area (Å²) in [6, 6.07) is 6.09. The van der Waals surface area contributed by atoms with Gasteiger partial charge in [-0.3, -0.25) is 0 Å². The van der Waals surface area contributed by atoms with E-state index in [2.05, 4.69) is 5.10 Å². The molecule has 12 heavy (non-hydrogen) atoms. The zero-order valence-corrected chi connectivity index (χ0v) is 6.99. The van der Waals surface area contributed by atoms with Gasteiger partial charge in [0.1, 0.15) is 0 Å². The topological polar surface area (TPSA) is 43.3 Å². The maximum absolute atomic E-state index is 5.51. The zero-order chi connectivity index (χ0) is 8.55. The van der Waals surface area contributed by atoms with Crippen molar-refractivity contribution in [2.24, 2.45) is 5.73 Å². The van der Waals surface area contributed by atoms with Crippen LogP contribution >= 0.6 is 0 Å². The van der Waals surface area contributed by atoms with Crippen LogP contribution in [0.4, 0.5) is 0 Å². The van der Waals surface area contributed by atoms with Gasteiger partial charge in [0, 0.05) is 12.7 Å². The molecule has 0 fully saturated rings. The largest absolute Gasteiger partial charge is 0.326 e. The average Bonchev–Trinajstić information content (AvgIpc) is 2.46. The molecule has 0 bridgehead atoms. The third kappa shape index (κ3) is 1.08. The normalized spacial score (nSPS) is 10.8. The van der Waals surface area contributed by atoms with Crippen LogP contribution in [0.1, 0.15) is 11.3 Å². The first-order valence-corrected chi connectivity index (χ1v) is 3.94. The fourth-order valence-electron chi connectivity index (χ4n) is 1.26. The van der Waals surface area contributed by atoms with E-state index in [9.17, 15) is 0 Å². The van der Waals surface area contributed by atoms with Gasteiger partial charge in [0.25, 0.3) is 0 Å². The highest BCUT2D eigenvalue weighted by Crippen LogP contribution is 2.08. The number of fused-ring (bicyclic) bond motifs is 1. The van der Waals surface area contributed by atoms with Crippen LogP contribution in [0.25, 0.3) is 5.52 Å². The Balaban J connectivity index is 2.67. The Morgan fingerprint density at radius 3 is 3.08 bits per heavy atom. The third-order valence-corrected chi connectivity index (χ3v) is 1.88. The summed E-state index contributed by atoms with van der Waals surface area (Å²) < 4.78 is 1.86. The smallest absolute Gasteiger partial charge is 0.0650 e. The van der Waals surface area contributed by atoms with Gasteiger partial charge >= 0.3 is 0 Å².